The Bertz CT molecular complexity index is 542. The van der Waals surface area contributed by atoms with Gasteiger partial charge < -0.3 is 24.6 Å². The quantitative estimate of drug-likeness (QED) is 0.835. The third-order valence-electron chi connectivity index (χ3n) is 2.85. The highest BCUT2D eigenvalue weighted by molar-refractivity contribution is 5.72. The average molecular weight is 325 g/mol. The van der Waals surface area contributed by atoms with Crippen LogP contribution in [0.5, 0.6) is 11.5 Å². The van der Waals surface area contributed by atoms with Gasteiger partial charge in [-0.25, -0.2) is 4.79 Å². The highest BCUT2D eigenvalue weighted by Gasteiger charge is 2.23. The van der Waals surface area contributed by atoms with Gasteiger partial charge in [0.05, 0.1) is 26.7 Å². The summed E-state index contributed by atoms with van der Waals surface area (Å²) in [5, 5.41) is 11.7. The molecule has 0 bridgehead atoms. The third-order valence-corrected chi connectivity index (χ3v) is 2.85. The fourth-order valence-electron chi connectivity index (χ4n) is 1.91. The molecule has 0 aliphatic heterocycles. The van der Waals surface area contributed by atoms with Crippen LogP contribution in [-0.2, 0) is 9.53 Å². The van der Waals surface area contributed by atoms with Crippen molar-refractivity contribution in [1.29, 1.82) is 0 Å². The smallest absolute Gasteiger partial charge is 0.408 e. The lowest BCUT2D eigenvalue weighted by Crippen LogP contribution is -2.35. The van der Waals surface area contributed by atoms with Crippen LogP contribution in [0.15, 0.2) is 18.2 Å². The Hall–Kier alpha value is -2.44. The molecule has 0 fully saturated rings. The van der Waals surface area contributed by atoms with E-state index in [0.717, 1.165) is 0 Å². The summed E-state index contributed by atoms with van der Waals surface area (Å²) in [6, 6.07) is 4.18. The van der Waals surface area contributed by atoms with Gasteiger partial charge in [0.15, 0.2) is 0 Å². The van der Waals surface area contributed by atoms with E-state index in [0.29, 0.717) is 17.1 Å². The summed E-state index contributed by atoms with van der Waals surface area (Å²) < 4.78 is 15.5. The molecule has 1 aromatic carbocycles. The fraction of sp³-hybridized carbons (Fsp3) is 0.500. The minimum atomic E-state index is -1.05. The molecule has 0 aliphatic rings. The topological polar surface area (TPSA) is 94.1 Å². The molecule has 0 saturated heterocycles. The molecule has 2 N–H and O–H groups in total. The molecule has 7 nitrogen and oxygen atoms in total. The van der Waals surface area contributed by atoms with E-state index < -0.39 is 23.7 Å². The van der Waals surface area contributed by atoms with Crippen LogP contribution in [0, 0.1) is 0 Å². The van der Waals surface area contributed by atoms with Crippen molar-refractivity contribution in [2.75, 3.05) is 14.2 Å². The molecule has 0 aliphatic carbocycles. The molecule has 7 heteroatoms. The van der Waals surface area contributed by atoms with E-state index in [1.165, 1.54) is 14.2 Å². The zero-order valence-corrected chi connectivity index (χ0v) is 14.0. The normalized spacial score (nSPS) is 12.2. The Morgan fingerprint density at radius 3 is 2.04 bits per heavy atom. The van der Waals surface area contributed by atoms with Crippen LogP contribution < -0.4 is 14.8 Å². The van der Waals surface area contributed by atoms with E-state index in [4.69, 9.17) is 19.3 Å². The molecule has 0 spiro atoms. The summed E-state index contributed by atoms with van der Waals surface area (Å²) in [5.74, 6) is -0.0469. The van der Waals surface area contributed by atoms with Gasteiger partial charge in [0.25, 0.3) is 0 Å². The molecule has 1 unspecified atom stereocenters. The van der Waals surface area contributed by atoms with Gasteiger partial charge in [-0.3, -0.25) is 4.79 Å². The predicted octanol–water partition coefficient (Wildman–Crippen LogP) is 2.74. The van der Waals surface area contributed by atoms with E-state index >= 15 is 0 Å². The molecule has 1 aromatic rings. The maximum atomic E-state index is 11.9. The summed E-state index contributed by atoms with van der Waals surface area (Å²) >= 11 is 0. The Morgan fingerprint density at radius 1 is 1.13 bits per heavy atom. The first-order valence-electron chi connectivity index (χ1n) is 7.09. The third kappa shape index (κ3) is 6.46. The summed E-state index contributed by atoms with van der Waals surface area (Å²) in [4.78, 5) is 23.0. The molecule has 1 amide bonds. The minimum Gasteiger partial charge on any atom is -0.497 e. The van der Waals surface area contributed by atoms with Crippen LogP contribution in [0.25, 0.3) is 0 Å². The number of carbonyl (C=O) groups is 2. The zero-order chi connectivity index (χ0) is 17.6. The number of amides is 1. The van der Waals surface area contributed by atoms with Gasteiger partial charge in [-0.1, -0.05) is 0 Å². The van der Waals surface area contributed by atoms with Gasteiger partial charge in [-0.2, -0.15) is 0 Å². The van der Waals surface area contributed by atoms with Crippen molar-refractivity contribution in [3.63, 3.8) is 0 Å². The fourth-order valence-corrected chi connectivity index (χ4v) is 1.91. The monoisotopic (exact) mass is 325 g/mol. The molecule has 0 aromatic heterocycles. The van der Waals surface area contributed by atoms with E-state index in [1.54, 1.807) is 39.0 Å². The summed E-state index contributed by atoms with van der Waals surface area (Å²) in [7, 11) is 2.98. The second-order valence-electron chi connectivity index (χ2n) is 5.94. The molecule has 0 radical (unpaired) electrons. The molecule has 128 valence electrons. The molecular formula is C16H23NO6. The number of carboxylic acid groups (broad SMARTS) is 1. The van der Waals surface area contributed by atoms with Crippen molar-refractivity contribution in [3.8, 4) is 11.5 Å². The van der Waals surface area contributed by atoms with Gasteiger partial charge >= 0.3 is 12.1 Å². The SMILES string of the molecule is COc1cc(OC)cc(C(CC(=O)O)NC(=O)OC(C)(C)C)c1. The number of ether oxygens (including phenoxy) is 3. The Kier molecular flexibility index (Phi) is 6.24. The van der Waals surface area contributed by atoms with Crippen molar-refractivity contribution in [2.45, 2.75) is 38.8 Å². The lowest BCUT2D eigenvalue weighted by atomic mass is 10.0. The molecule has 0 heterocycles. The molecule has 1 rings (SSSR count). The van der Waals surface area contributed by atoms with Crippen LogP contribution in [0.2, 0.25) is 0 Å². The first kappa shape index (κ1) is 18.6. The highest BCUT2D eigenvalue weighted by atomic mass is 16.6. The van der Waals surface area contributed by atoms with Gasteiger partial charge in [-0.15, -0.1) is 0 Å². The average Bonchev–Trinajstić information content (AvgIpc) is 2.43. The minimum absolute atomic E-state index is 0.296. The standard InChI is InChI=1S/C16H23NO6/c1-16(2,3)23-15(20)17-13(9-14(18)19)10-6-11(21-4)8-12(7-10)22-5/h6-8,13H,9H2,1-5H3,(H,17,20)(H,18,19). The molecular weight excluding hydrogens is 302 g/mol. The van der Waals surface area contributed by atoms with Crippen LogP contribution in [-0.4, -0.2) is 37.0 Å². The Balaban J connectivity index is 3.06. The predicted molar refractivity (Wildman–Crippen MR) is 83.9 cm³/mol. The van der Waals surface area contributed by atoms with Crippen LogP contribution >= 0.6 is 0 Å². The zero-order valence-electron chi connectivity index (χ0n) is 14.0. The number of hydrogen-bond acceptors (Lipinski definition) is 5. The van der Waals surface area contributed by atoms with Crippen molar-refractivity contribution < 1.29 is 28.9 Å². The molecule has 1 atom stereocenters. The van der Waals surface area contributed by atoms with E-state index in [9.17, 15) is 9.59 Å². The summed E-state index contributed by atoms with van der Waals surface area (Å²) in [6.07, 6.45) is -0.985. The van der Waals surface area contributed by atoms with Crippen molar-refractivity contribution in [2.24, 2.45) is 0 Å². The second kappa shape index (κ2) is 7.71. The van der Waals surface area contributed by atoms with E-state index in [-0.39, 0.29) is 6.42 Å². The van der Waals surface area contributed by atoms with Gasteiger partial charge in [0, 0.05) is 6.07 Å². The van der Waals surface area contributed by atoms with Crippen molar-refractivity contribution >= 4 is 12.1 Å². The maximum Gasteiger partial charge on any atom is 0.408 e. The Labute approximate surface area is 135 Å². The van der Waals surface area contributed by atoms with Crippen molar-refractivity contribution in [1.82, 2.24) is 5.32 Å². The lowest BCUT2D eigenvalue weighted by Gasteiger charge is -2.23. The number of alkyl carbamates (subject to hydrolysis) is 1. The first-order chi connectivity index (χ1) is 10.6. The number of methoxy groups -OCH3 is 2. The summed E-state index contributed by atoms with van der Waals surface area (Å²) in [6.45, 7) is 5.19. The highest BCUT2D eigenvalue weighted by Crippen LogP contribution is 2.28. The lowest BCUT2D eigenvalue weighted by molar-refractivity contribution is -0.137. The largest absolute Gasteiger partial charge is 0.497 e. The number of carbonyl (C=O) groups excluding carboxylic acids is 1. The van der Waals surface area contributed by atoms with Crippen LogP contribution in [0.3, 0.4) is 0 Å². The van der Waals surface area contributed by atoms with Crippen LogP contribution in [0.1, 0.15) is 38.8 Å². The van der Waals surface area contributed by atoms with Gasteiger partial charge in [0.1, 0.15) is 17.1 Å². The number of aliphatic carboxylic acids is 1. The second-order valence-corrected chi connectivity index (χ2v) is 5.94. The number of carboxylic acids is 1. The maximum absolute atomic E-state index is 11.9. The summed E-state index contributed by atoms with van der Waals surface area (Å²) in [5.41, 5.74) is -0.126. The van der Waals surface area contributed by atoms with Gasteiger partial charge in [0.2, 0.25) is 0 Å². The van der Waals surface area contributed by atoms with E-state index in [1.807, 2.05) is 0 Å². The van der Waals surface area contributed by atoms with Crippen molar-refractivity contribution in [3.05, 3.63) is 23.8 Å². The van der Waals surface area contributed by atoms with Gasteiger partial charge in [-0.05, 0) is 38.5 Å². The number of hydrogen-bond donors (Lipinski definition) is 2. The van der Waals surface area contributed by atoms with E-state index in [2.05, 4.69) is 5.32 Å². The Morgan fingerprint density at radius 2 is 1.65 bits per heavy atom. The first-order valence-corrected chi connectivity index (χ1v) is 7.09. The molecule has 0 saturated carbocycles. The number of rotatable bonds is 6. The number of nitrogens with one attached hydrogen (secondary N) is 1. The molecule has 23 heavy (non-hydrogen) atoms. The number of benzene rings is 1. The van der Waals surface area contributed by atoms with Crippen LogP contribution in [0.4, 0.5) is 4.79 Å².